The zero-order valence-corrected chi connectivity index (χ0v) is 13.5. The zero-order valence-electron chi connectivity index (χ0n) is 13.5. The maximum absolute atomic E-state index is 12.1. The molecule has 120 valence electrons. The summed E-state index contributed by atoms with van der Waals surface area (Å²) in [6.45, 7) is 3.30. The van der Waals surface area contributed by atoms with Crippen molar-refractivity contribution >= 4 is 17.4 Å². The van der Waals surface area contributed by atoms with E-state index in [-0.39, 0.29) is 5.91 Å². The Bertz CT molecular complexity index is 639. The second-order valence-corrected chi connectivity index (χ2v) is 5.98. The molecule has 2 aromatic rings. The predicted molar refractivity (Wildman–Crippen MR) is 93.9 cm³/mol. The average Bonchev–Trinajstić information content (AvgIpc) is 2.63. The van der Waals surface area contributed by atoms with Gasteiger partial charge in [0, 0.05) is 18.2 Å². The number of nitrogens with one attached hydrogen (secondary N) is 1. The van der Waals surface area contributed by atoms with E-state index in [1.165, 1.54) is 19.3 Å². The van der Waals surface area contributed by atoms with Crippen molar-refractivity contribution in [1.82, 2.24) is 4.98 Å². The molecule has 4 nitrogen and oxygen atoms in total. The number of piperidine rings is 1. The Balaban J connectivity index is 1.68. The highest BCUT2D eigenvalue weighted by Gasteiger charge is 2.21. The summed E-state index contributed by atoms with van der Waals surface area (Å²) in [7, 11) is 0. The van der Waals surface area contributed by atoms with Crippen molar-refractivity contribution in [2.75, 3.05) is 16.8 Å². The molecule has 3 rings (SSSR count). The van der Waals surface area contributed by atoms with Gasteiger partial charge in [0.05, 0.1) is 11.9 Å². The van der Waals surface area contributed by atoms with Crippen molar-refractivity contribution in [3.05, 3.63) is 54.2 Å². The second kappa shape index (κ2) is 7.27. The third-order valence-corrected chi connectivity index (χ3v) is 4.43. The third kappa shape index (κ3) is 3.70. The molecule has 0 aliphatic carbocycles. The molecule has 1 N–H and O–H groups in total. The van der Waals surface area contributed by atoms with E-state index in [0.29, 0.717) is 11.6 Å². The molecule has 0 bridgehead atoms. The van der Waals surface area contributed by atoms with Crippen LogP contribution in [0.15, 0.2) is 48.7 Å². The van der Waals surface area contributed by atoms with Crippen molar-refractivity contribution in [1.29, 1.82) is 0 Å². The van der Waals surface area contributed by atoms with E-state index in [9.17, 15) is 4.79 Å². The van der Waals surface area contributed by atoms with Gasteiger partial charge in [-0.2, -0.15) is 0 Å². The first-order valence-electron chi connectivity index (χ1n) is 8.37. The Labute approximate surface area is 137 Å². The van der Waals surface area contributed by atoms with Gasteiger partial charge in [0.1, 0.15) is 5.82 Å². The van der Waals surface area contributed by atoms with Crippen LogP contribution in [0, 0.1) is 0 Å². The van der Waals surface area contributed by atoms with E-state index >= 15 is 0 Å². The molecular formula is C19H23N3O. The highest BCUT2D eigenvalue weighted by molar-refractivity contribution is 6.04. The number of carbonyl (C=O) groups excluding carboxylic acids is 1. The van der Waals surface area contributed by atoms with Crippen LogP contribution in [0.3, 0.4) is 0 Å². The van der Waals surface area contributed by atoms with Crippen LogP contribution in [0.2, 0.25) is 0 Å². The molecule has 1 aromatic heterocycles. The lowest BCUT2D eigenvalue weighted by atomic mass is 10.00. The second-order valence-electron chi connectivity index (χ2n) is 5.98. The number of aromatic nitrogens is 1. The first-order valence-corrected chi connectivity index (χ1v) is 8.37. The Morgan fingerprint density at radius 3 is 2.74 bits per heavy atom. The van der Waals surface area contributed by atoms with E-state index in [1.807, 2.05) is 30.3 Å². The Morgan fingerprint density at radius 2 is 2.04 bits per heavy atom. The molecule has 1 aliphatic heterocycles. The molecular weight excluding hydrogens is 286 g/mol. The molecule has 2 heterocycles. The van der Waals surface area contributed by atoms with Crippen LogP contribution in [0.4, 0.5) is 11.5 Å². The van der Waals surface area contributed by atoms with Gasteiger partial charge in [0.15, 0.2) is 0 Å². The number of amides is 1. The van der Waals surface area contributed by atoms with Crippen LogP contribution in [-0.4, -0.2) is 23.5 Å². The first kappa shape index (κ1) is 15.5. The summed E-state index contributed by atoms with van der Waals surface area (Å²) in [5, 5.41) is 2.89. The molecule has 1 aliphatic rings. The quantitative estimate of drug-likeness (QED) is 0.924. The number of hydrogen-bond donors (Lipinski definition) is 1. The van der Waals surface area contributed by atoms with Gasteiger partial charge >= 0.3 is 0 Å². The average molecular weight is 309 g/mol. The van der Waals surface area contributed by atoms with E-state index in [4.69, 9.17) is 0 Å². The van der Waals surface area contributed by atoms with E-state index in [0.717, 1.165) is 24.5 Å². The fourth-order valence-electron chi connectivity index (χ4n) is 3.15. The third-order valence-electron chi connectivity index (χ3n) is 4.43. The van der Waals surface area contributed by atoms with E-state index in [1.54, 1.807) is 18.3 Å². The van der Waals surface area contributed by atoms with Gasteiger partial charge in [-0.15, -0.1) is 0 Å². The lowest BCUT2D eigenvalue weighted by Crippen LogP contribution is -2.39. The Kier molecular flexibility index (Phi) is 4.91. The fraction of sp³-hybridized carbons (Fsp3) is 0.368. The summed E-state index contributed by atoms with van der Waals surface area (Å²) in [5.41, 5.74) is 1.38. The van der Waals surface area contributed by atoms with Crippen LogP contribution < -0.4 is 10.2 Å². The monoisotopic (exact) mass is 309 g/mol. The molecule has 1 aromatic carbocycles. The minimum Gasteiger partial charge on any atom is -0.354 e. The molecule has 0 radical (unpaired) electrons. The lowest BCUT2D eigenvalue weighted by Gasteiger charge is -2.36. The Hall–Kier alpha value is -2.36. The van der Waals surface area contributed by atoms with Gasteiger partial charge in [-0.25, -0.2) is 4.98 Å². The molecule has 0 spiro atoms. The number of benzene rings is 1. The molecule has 1 unspecified atom stereocenters. The number of hydrogen-bond acceptors (Lipinski definition) is 3. The SMILES string of the molecule is CCC1CCCCN1c1ccc(NC(=O)c2ccccc2)cn1. The molecule has 4 heteroatoms. The number of anilines is 2. The number of pyridine rings is 1. The highest BCUT2D eigenvalue weighted by Crippen LogP contribution is 2.25. The molecule has 1 fully saturated rings. The van der Waals surface area contributed by atoms with Crippen LogP contribution in [0.25, 0.3) is 0 Å². The fourth-order valence-corrected chi connectivity index (χ4v) is 3.15. The van der Waals surface area contributed by atoms with Gasteiger partial charge < -0.3 is 10.2 Å². The standard InChI is InChI=1S/C19H23N3O/c1-2-17-10-6-7-13-22(17)18-12-11-16(14-20-18)21-19(23)15-8-4-3-5-9-15/h3-5,8-9,11-12,14,17H,2,6-7,10,13H2,1H3,(H,21,23). The van der Waals surface area contributed by atoms with Gasteiger partial charge in [-0.3, -0.25) is 4.79 Å². The van der Waals surface area contributed by atoms with Crippen molar-refractivity contribution in [3.8, 4) is 0 Å². The van der Waals surface area contributed by atoms with Crippen LogP contribution >= 0.6 is 0 Å². The smallest absolute Gasteiger partial charge is 0.255 e. The summed E-state index contributed by atoms with van der Waals surface area (Å²) < 4.78 is 0. The minimum atomic E-state index is -0.107. The van der Waals surface area contributed by atoms with Crippen molar-refractivity contribution in [3.63, 3.8) is 0 Å². The minimum absolute atomic E-state index is 0.107. The maximum Gasteiger partial charge on any atom is 0.255 e. The van der Waals surface area contributed by atoms with Gasteiger partial charge in [0.2, 0.25) is 0 Å². The topological polar surface area (TPSA) is 45.2 Å². The van der Waals surface area contributed by atoms with E-state index in [2.05, 4.69) is 22.1 Å². The van der Waals surface area contributed by atoms with Gasteiger partial charge in [-0.05, 0) is 49.9 Å². The van der Waals surface area contributed by atoms with Crippen molar-refractivity contribution in [2.24, 2.45) is 0 Å². The van der Waals surface area contributed by atoms with Crippen LogP contribution in [-0.2, 0) is 0 Å². The van der Waals surface area contributed by atoms with Crippen LogP contribution in [0.5, 0.6) is 0 Å². The number of carbonyl (C=O) groups is 1. The molecule has 23 heavy (non-hydrogen) atoms. The summed E-state index contributed by atoms with van der Waals surface area (Å²) in [4.78, 5) is 19.1. The molecule has 1 amide bonds. The molecule has 0 saturated carbocycles. The first-order chi connectivity index (χ1) is 11.3. The molecule has 1 saturated heterocycles. The maximum atomic E-state index is 12.1. The summed E-state index contributed by atoms with van der Waals surface area (Å²) in [5.74, 6) is 0.902. The van der Waals surface area contributed by atoms with Gasteiger partial charge in [-0.1, -0.05) is 25.1 Å². The number of rotatable bonds is 4. The largest absolute Gasteiger partial charge is 0.354 e. The number of nitrogens with zero attached hydrogens (tertiary/aromatic N) is 2. The van der Waals surface area contributed by atoms with Crippen molar-refractivity contribution in [2.45, 2.75) is 38.6 Å². The Morgan fingerprint density at radius 1 is 1.22 bits per heavy atom. The van der Waals surface area contributed by atoms with Crippen LogP contribution in [0.1, 0.15) is 43.0 Å². The summed E-state index contributed by atoms with van der Waals surface area (Å²) in [6.07, 6.45) is 6.67. The van der Waals surface area contributed by atoms with Gasteiger partial charge in [0.25, 0.3) is 5.91 Å². The summed E-state index contributed by atoms with van der Waals surface area (Å²) in [6, 6.07) is 13.7. The van der Waals surface area contributed by atoms with E-state index < -0.39 is 0 Å². The van der Waals surface area contributed by atoms with Crippen molar-refractivity contribution < 1.29 is 4.79 Å². The summed E-state index contributed by atoms with van der Waals surface area (Å²) >= 11 is 0. The normalized spacial score (nSPS) is 17.8. The lowest BCUT2D eigenvalue weighted by molar-refractivity contribution is 0.102. The predicted octanol–water partition coefficient (Wildman–Crippen LogP) is 4.10. The molecule has 1 atom stereocenters. The highest BCUT2D eigenvalue weighted by atomic mass is 16.1. The zero-order chi connectivity index (χ0) is 16.1.